The summed E-state index contributed by atoms with van der Waals surface area (Å²) in [4.78, 5) is 22.5. The summed E-state index contributed by atoms with van der Waals surface area (Å²) in [7, 11) is 0. The SMILES string of the molecule is CC(C)C1(OOC(C)(C)C)C=CC=CC1OOC(C)(C)C. The molecule has 122 valence electrons. The van der Waals surface area contributed by atoms with Crippen molar-refractivity contribution in [1.82, 2.24) is 0 Å². The molecule has 2 atom stereocenters. The molecule has 21 heavy (non-hydrogen) atoms. The Kier molecular flexibility index (Phi) is 5.78. The Hall–Kier alpha value is -0.680. The number of hydrogen-bond acceptors (Lipinski definition) is 4. The molecule has 0 heterocycles. The Morgan fingerprint density at radius 3 is 1.95 bits per heavy atom. The van der Waals surface area contributed by atoms with Gasteiger partial charge in [-0.25, -0.2) is 19.6 Å². The minimum Gasteiger partial charge on any atom is -0.230 e. The highest BCUT2D eigenvalue weighted by Gasteiger charge is 2.45. The summed E-state index contributed by atoms with van der Waals surface area (Å²) in [6.07, 6.45) is 7.41. The topological polar surface area (TPSA) is 36.9 Å². The van der Waals surface area contributed by atoms with Gasteiger partial charge in [-0.3, -0.25) is 0 Å². The summed E-state index contributed by atoms with van der Waals surface area (Å²) in [5, 5.41) is 0. The highest BCUT2D eigenvalue weighted by atomic mass is 17.2. The molecule has 0 saturated heterocycles. The van der Waals surface area contributed by atoms with E-state index < -0.39 is 11.2 Å². The fourth-order valence-corrected chi connectivity index (χ4v) is 1.81. The van der Waals surface area contributed by atoms with Gasteiger partial charge >= 0.3 is 0 Å². The maximum atomic E-state index is 5.83. The molecule has 0 aromatic rings. The van der Waals surface area contributed by atoms with Crippen LogP contribution in [0.4, 0.5) is 0 Å². The van der Waals surface area contributed by atoms with E-state index >= 15 is 0 Å². The smallest absolute Gasteiger partial charge is 0.157 e. The highest BCUT2D eigenvalue weighted by molar-refractivity contribution is 5.24. The third kappa shape index (κ3) is 5.55. The van der Waals surface area contributed by atoms with E-state index in [1.54, 1.807) is 0 Å². The molecule has 1 rings (SSSR count). The second-order valence-corrected chi connectivity index (χ2v) is 7.74. The van der Waals surface area contributed by atoms with Gasteiger partial charge in [-0.2, -0.15) is 0 Å². The van der Waals surface area contributed by atoms with E-state index in [-0.39, 0.29) is 17.6 Å². The van der Waals surface area contributed by atoms with Crippen molar-refractivity contribution in [3.8, 4) is 0 Å². The van der Waals surface area contributed by atoms with Gasteiger partial charge in [0.2, 0.25) is 0 Å². The van der Waals surface area contributed by atoms with Crippen LogP contribution in [-0.2, 0) is 19.6 Å². The number of rotatable bonds is 5. The normalized spacial score (nSPS) is 26.6. The molecule has 0 N–H and O–H groups in total. The van der Waals surface area contributed by atoms with Crippen molar-refractivity contribution in [3.05, 3.63) is 24.3 Å². The van der Waals surface area contributed by atoms with Crippen LogP contribution >= 0.6 is 0 Å². The zero-order valence-corrected chi connectivity index (χ0v) is 14.6. The lowest BCUT2D eigenvalue weighted by atomic mass is 9.82. The largest absolute Gasteiger partial charge is 0.230 e. The first kappa shape index (κ1) is 18.4. The maximum Gasteiger partial charge on any atom is 0.157 e. The lowest BCUT2D eigenvalue weighted by molar-refractivity contribution is -0.448. The molecular formula is C17H30O4. The van der Waals surface area contributed by atoms with Crippen LogP contribution in [0.1, 0.15) is 55.4 Å². The first-order chi connectivity index (χ1) is 9.46. The Balaban J connectivity index is 2.91. The van der Waals surface area contributed by atoms with Gasteiger partial charge in [-0.15, -0.1) is 0 Å². The van der Waals surface area contributed by atoms with E-state index in [0.717, 1.165) is 0 Å². The van der Waals surface area contributed by atoms with Crippen LogP contribution in [-0.4, -0.2) is 22.9 Å². The van der Waals surface area contributed by atoms with Crippen LogP contribution in [0, 0.1) is 5.92 Å². The molecule has 0 aromatic carbocycles. The zero-order valence-electron chi connectivity index (χ0n) is 14.6. The lowest BCUT2D eigenvalue weighted by Gasteiger charge is -2.41. The van der Waals surface area contributed by atoms with Crippen LogP contribution in [0.3, 0.4) is 0 Å². The average Bonchev–Trinajstić information content (AvgIpc) is 2.32. The van der Waals surface area contributed by atoms with Gasteiger partial charge in [0.1, 0.15) is 6.10 Å². The van der Waals surface area contributed by atoms with Gasteiger partial charge < -0.3 is 0 Å². The minimum atomic E-state index is -0.715. The molecule has 0 aromatic heterocycles. The van der Waals surface area contributed by atoms with E-state index in [4.69, 9.17) is 19.6 Å². The molecule has 0 fully saturated rings. The van der Waals surface area contributed by atoms with Crippen molar-refractivity contribution in [1.29, 1.82) is 0 Å². The first-order valence-electron chi connectivity index (χ1n) is 7.54. The highest BCUT2D eigenvalue weighted by Crippen LogP contribution is 2.35. The van der Waals surface area contributed by atoms with Crippen LogP contribution in [0.2, 0.25) is 0 Å². The van der Waals surface area contributed by atoms with Crippen molar-refractivity contribution >= 4 is 0 Å². The standard InChI is InChI=1S/C17H30O4/c1-13(2)17(21-20-16(6,7)8)12-10-9-11-14(17)18-19-15(3,4)5/h9-14H,1-8H3. The molecule has 0 bridgehead atoms. The van der Waals surface area contributed by atoms with Gasteiger partial charge in [-0.1, -0.05) is 26.0 Å². The van der Waals surface area contributed by atoms with Crippen LogP contribution in [0.5, 0.6) is 0 Å². The predicted molar refractivity (Wildman–Crippen MR) is 83.5 cm³/mol. The van der Waals surface area contributed by atoms with Crippen molar-refractivity contribution < 1.29 is 19.6 Å². The van der Waals surface area contributed by atoms with Crippen LogP contribution in [0.15, 0.2) is 24.3 Å². The summed E-state index contributed by atoms with van der Waals surface area (Å²) in [5.41, 5.74) is -1.50. The minimum absolute atomic E-state index is 0.148. The Morgan fingerprint density at radius 2 is 1.48 bits per heavy atom. The van der Waals surface area contributed by atoms with Crippen LogP contribution < -0.4 is 0 Å². The second kappa shape index (κ2) is 6.61. The van der Waals surface area contributed by atoms with E-state index in [9.17, 15) is 0 Å². The van der Waals surface area contributed by atoms with E-state index in [1.807, 2.05) is 65.8 Å². The van der Waals surface area contributed by atoms with Gasteiger partial charge in [0.15, 0.2) is 5.60 Å². The van der Waals surface area contributed by atoms with E-state index in [2.05, 4.69) is 13.8 Å². The molecule has 1 aliphatic carbocycles. The van der Waals surface area contributed by atoms with E-state index in [0.29, 0.717) is 0 Å². The number of hydrogen-bond donors (Lipinski definition) is 0. The van der Waals surface area contributed by atoms with Crippen molar-refractivity contribution in [2.24, 2.45) is 5.92 Å². The molecule has 0 radical (unpaired) electrons. The van der Waals surface area contributed by atoms with Gasteiger partial charge in [0, 0.05) is 0 Å². The fourth-order valence-electron chi connectivity index (χ4n) is 1.81. The molecule has 0 spiro atoms. The molecule has 4 heteroatoms. The second-order valence-electron chi connectivity index (χ2n) is 7.74. The number of allylic oxidation sites excluding steroid dienone is 2. The molecular weight excluding hydrogens is 268 g/mol. The summed E-state index contributed by atoms with van der Waals surface area (Å²) < 4.78 is 0. The monoisotopic (exact) mass is 298 g/mol. The van der Waals surface area contributed by atoms with Gasteiger partial charge in [0.25, 0.3) is 0 Å². The third-order valence-electron chi connectivity index (χ3n) is 2.94. The average molecular weight is 298 g/mol. The predicted octanol–water partition coefficient (Wildman–Crippen LogP) is 4.37. The van der Waals surface area contributed by atoms with E-state index in [1.165, 1.54) is 0 Å². The van der Waals surface area contributed by atoms with Gasteiger partial charge in [0.05, 0.1) is 11.2 Å². The van der Waals surface area contributed by atoms with Crippen molar-refractivity contribution in [2.45, 2.75) is 78.3 Å². The fraction of sp³-hybridized carbons (Fsp3) is 0.765. The molecule has 0 amide bonds. The summed E-state index contributed by atoms with van der Waals surface area (Å²) >= 11 is 0. The summed E-state index contributed by atoms with van der Waals surface area (Å²) in [6.45, 7) is 15.8. The quantitative estimate of drug-likeness (QED) is 0.558. The summed E-state index contributed by atoms with van der Waals surface area (Å²) in [5.74, 6) is 0.148. The molecule has 2 unspecified atom stereocenters. The van der Waals surface area contributed by atoms with Crippen molar-refractivity contribution in [3.63, 3.8) is 0 Å². The lowest BCUT2D eigenvalue weighted by Crippen LogP contribution is -2.51. The Bertz CT molecular complexity index is 385. The Morgan fingerprint density at radius 1 is 0.905 bits per heavy atom. The molecule has 0 saturated carbocycles. The molecule has 1 aliphatic rings. The summed E-state index contributed by atoms with van der Waals surface area (Å²) in [6, 6.07) is 0. The Labute approximate surface area is 129 Å². The molecule has 0 aliphatic heterocycles. The van der Waals surface area contributed by atoms with Crippen molar-refractivity contribution in [2.75, 3.05) is 0 Å². The maximum absolute atomic E-state index is 5.83. The molecule has 4 nitrogen and oxygen atoms in total. The van der Waals surface area contributed by atoms with Gasteiger partial charge in [-0.05, 0) is 59.6 Å². The zero-order chi connectivity index (χ0) is 16.3. The van der Waals surface area contributed by atoms with Crippen LogP contribution in [0.25, 0.3) is 0 Å². The first-order valence-corrected chi connectivity index (χ1v) is 7.54. The third-order valence-corrected chi connectivity index (χ3v) is 2.94.